The smallest absolute Gasteiger partial charge is 0.345 e. The average molecular weight is 359 g/mol. The quantitative estimate of drug-likeness (QED) is 0.763. The number of benzene rings is 1. The Kier molecular flexibility index (Phi) is 4.63. The highest BCUT2D eigenvalue weighted by molar-refractivity contribution is 5.96. The molecule has 0 unspecified atom stereocenters. The van der Waals surface area contributed by atoms with Crippen molar-refractivity contribution in [2.24, 2.45) is 0 Å². The van der Waals surface area contributed by atoms with Crippen molar-refractivity contribution in [2.75, 3.05) is 0 Å². The first-order valence-electron chi connectivity index (χ1n) is 7.93. The summed E-state index contributed by atoms with van der Waals surface area (Å²) in [5, 5.41) is 3.02. The fraction of sp³-hybridized carbons (Fsp3) is 0.211. The molecule has 4 nitrogen and oxygen atoms in total. The number of hydrogen-bond donors (Lipinski definition) is 1. The number of alkyl halides is 3. The molecule has 0 saturated carbocycles. The predicted octanol–water partition coefficient (Wildman–Crippen LogP) is 4.20. The van der Waals surface area contributed by atoms with Gasteiger partial charge in [-0.15, -0.1) is 0 Å². The maximum absolute atomic E-state index is 13.4. The number of carbonyl (C=O) groups is 1. The monoisotopic (exact) mass is 359 g/mol. The molecule has 3 aromatic rings. The summed E-state index contributed by atoms with van der Waals surface area (Å²) in [5.41, 5.74) is 0.584. The van der Waals surface area contributed by atoms with Crippen LogP contribution >= 0.6 is 0 Å². The highest BCUT2D eigenvalue weighted by Gasteiger charge is 2.34. The number of nitrogens with one attached hydrogen (secondary N) is 1. The Labute approximate surface area is 148 Å². The number of hydrogen-bond acceptors (Lipinski definition) is 3. The van der Waals surface area contributed by atoms with Gasteiger partial charge in [-0.2, -0.15) is 13.2 Å². The maximum Gasteiger partial charge on any atom is 0.418 e. The third-order valence-corrected chi connectivity index (χ3v) is 3.96. The average Bonchev–Trinajstić information content (AvgIpc) is 2.59. The van der Waals surface area contributed by atoms with E-state index in [2.05, 4.69) is 15.3 Å². The van der Waals surface area contributed by atoms with Crippen LogP contribution in [-0.4, -0.2) is 15.9 Å². The number of rotatable bonds is 3. The molecule has 0 bridgehead atoms. The van der Waals surface area contributed by atoms with E-state index in [1.807, 2.05) is 0 Å². The first-order chi connectivity index (χ1) is 12.3. The third-order valence-electron chi connectivity index (χ3n) is 3.96. The summed E-state index contributed by atoms with van der Waals surface area (Å²) in [4.78, 5) is 20.4. The van der Waals surface area contributed by atoms with Crippen molar-refractivity contribution in [1.29, 1.82) is 0 Å². The van der Waals surface area contributed by atoms with Gasteiger partial charge in [-0.25, -0.2) is 4.98 Å². The lowest BCUT2D eigenvalue weighted by molar-refractivity contribution is -0.136. The zero-order valence-corrected chi connectivity index (χ0v) is 14.2. The lowest BCUT2D eigenvalue weighted by Gasteiger charge is -2.14. The first kappa shape index (κ1) is 17.8. The SMILES string of the molecule is Cc1cc(C(F)(F)F)c2nc(C(=O)NCc3ccccn3)cc(C)c2c1. The van der Waals surface area contributed by atoms with Gasteiger partial charge in [-0.3, -0.25) is 9.78 Å². The second-order valence-electron chi connectivity index (χ2n) is 6.03. The second kappa shape index (κ2) is 6.74. The molecule has 0 aliphatic carbocycles. The normalized spacial score (nSPS) is 11.6. The molecular formula is C19H16F3N3O. The van der Waals surface area contributed by atoms with Crippen molar-refractivity contribution >= 4 is 16.8 Å². The van der Waals surface area contributed by atoms with E-state index >= 15 is 0 Å². The van der Waals surface area contributed by atoms with Crippen LogP contribution in [-0.2, 0) is 12.7 Å². The van der Waals surface area contributed by atoms with Crippen LogP contribution in [0.4, 0.5) is 13.2 Å². The van der Waals surface area contributed by atoms with Crippen LogP contribution in [0.25, 0.3) is 10.9 Å². The number of aromatic nitrogens is 2. The summed E-state index contributed by atoms with van der Waals surface area (Å²) in [7, 11) is 0. The van der Waals surface area contributed by atoms with E-state index < -0.39 is 17.6 Å². The highest BCUT2D eigenvalue weighted by Crippen LogP contribution is 2.35. The number of halogens is 3. The Balaban J connectivity index is 1.99. The summed E-state index contributed by atoms with van der Waals surface area (Å²) in [6.07, 6.45) is -2.95. The molecule has 26 heavy (non-hydrogen) atoms. The molecule has 1 aromatic carbocycles. The molecule has 134 valence electrons. The van der Waals surface area contributed by atoms with Crippen LogP contribution in [0.15, 0.2) is 42.6 Å². The Hall–Kier alpha value is -2.96. The Morgan fingerprint density at radius 2 is 1.92 bits per heavy atom. The van der Waals surface area contributed by atoms with Crippen molar-refractivity contribution in [3.05, 3.63) is 70.7 Å². The van der Waals surface area contributed by atoms with Crippen LogP contribution in [0, 0.1) is 13.8 Å². The van der Waals surface area contributed by atoms with E-state index in [9.17, 15) is 18.0 Å². The minimum Gasteiger partial charge on any atom is -0.345 e. The Morgan fingerprint density at radius 3 is 2.58 bits per heavy atom. The molecule has 2 aromatic heterocycles. The summed E-state index contributed by atoms with van der Waals surface area (Å²) >= 11 is 0. The van der Waals surface area contributed by atoms with E-state index in [0.29, 0.717) is 22.2 Å². The molecule has 0 atom stereocenters. The minimum atomic E-state index is -4.55. The van der Waals surface area contributed by atoms with Gasteiger partial charge in [0.25, 0.3) is 5.91 Å². The fourth-order valence-corrected chi connectivity index (χ4v) is 2.73. The van der Waals surface area contributed by atoms with E-state index in [0.717, 1.165) is 6.07 Å². The second-order valence-corrected chi connectivity index (χ2v) is 6.03. The van der Waals surface area contributed by atoms with E-state index in [-0.39, 0.29) is 17.8 Å². The number of fused-ring (bicyclic) bond motifs is 1. The largest absolute Gasteiger partial charge is 0.418 e. The summed E-state index contributed by atoms with van der Waals surface area (Å²) in [6.45, 7) is 3.43. The molecule has 7 heteroatoms. The fourth-order valence-electron chi connectivity index (χ4n) is 2.73. The van der Waals surface area contributed by atoms with Crippen molar-refractivity contribution < 1.29 is 18.0 Å². The minimum absolute atomic E-state index is 0.0553. The van der Waals surface area contributed by atoms with Crippen LogP contribution < -0.4 is 5.32 Å². The molecule has 0 aliphatic heterocycles. The Bertz CT molecular complexity index is 969. The molecule has 0 spiro atoms. The number of carbonyl (C=O) groups excluding carboxylic acids is 1. The van der Waals surface area contributed by atoms with Crippen LogP contribution in [0.5, 0.6) is 0 Å². The zero-order valence-electron chi connectivity index (χ0n) is 14.2. The van der Waals surface area contributed by atoms with Gasteiger partial charge < -0.3 is 5.32 Å². The van der Waals surface area contributed by atoms with E-state index in [1.54, 1.807) is 44.3 Å². The van der Waals surface area contributed by atoms with Gasteiger partial charge in [0.15, 0.2) is 0 Å². The van der Waals surface area contributed by atoms with Crippen molar-refractivity contribution in [2.45, 2.75) is 26.6 Å². The van der Waals surface area contributed by atoms with Crippen LogP contribution in [0.2, 0.25) is 0 Å². The van der Waals surface area contributed by atoms with Gasteiger partial charge >= 0.3 is 6.18 Å². The van der Waals surface area contributed by atoms with Gasteiger partial charge in [0.05, 0.1) is 23.3 Å². The Morgan fingerprint density at radius 1 is 1.15 bits per heavy atom. The molecule has 2 heterocycles. The number of amides is 1. The topological polar surface area (TPSA) is 54.9 Å². The lowest BCUT2D eigenvalue weighted by atomic mass is 10.0. The van der Waals surface area contributed by atoms with Crippen molar-refractivity contribution in [3.63, 3.8) is 0 Å². The molecule has 0 saturated heterocycles. The van der Waals surface area contributed by atoms with Gasteiger partial charge in [0, 0.05) is 11.6 Å². The van der Waals surface area contributed by atoms with E-state index in [1.165, 1.54) is 6.07 Å². The summed E-state index contributed by atoms with van der Waals surface area (Å²) < 4.78 is 40.1. The number of nitrogens with zero attached hydrogens (tertiary/aromatic N) is 2. The van der Waals surface area contributed by atoms with Gasteiger partial charge in [-0.05, 0) is 55.3 Å². The van der Waals surface area contributed by atoms with Gasteiger partial charge in [0.2, 0.25) is 0 Å². The van der Waals surface area contributed by atoms with E-state index in [4.69, 9.17) is 0 Å². The van der Waals surface area contributed by atoms with Crippen molar-refractivity contribution in [3.8, 4) is 0 Å². The van der Waals surface area contributed by atoms with Gasteiger partial charge in [-0.1, -0.05) is 6.07 Å². The summed E-state index contributed by atoms with van der Waals surface area (Å²) in [6, 6.07) is 9.46. The molecule has 0 fully saturated rings. The van der Waals surface area contributed by atoms with Crippen LogP contribution in [0.3, 0.4) is 0 Å². The molecule has 3 rings (SSSR count). The standard InChI is InChI=1S/C19H16F3N3O/c1-11-7-14-12(2)9-16(25-17(14)15(8-11)19(20,21)22)18(26)24-10-13-5-3-4-6-23-13/h3-9H,10H2,1-2H3,(H,24,26). The lowest BCUT2D eigenvalue weighted by Crippen LogP contribution is -2.24. The van der Waals surface area contributed by atoms with Crippen LogP contribution in [0.1, 0.15) is 32.9 Å². The van der Waals surface area contributed by atoms with Crippen molar-refractivity contribution in [1.82, 2.24) is 15.3 Å². The number of pyridine rings is 2. The van der Waals surface area contributed by atoms with Gasteiger partial charge in [0.1, 0.15) is 5.69 Å². The predicted molar refractivity (Wildman–Crippen MR) is 91.6 cm³/mol. The molecular weight excluding hydrogens is 343 g/mol. The highest BCUT2D eigenvalue weighted by atomic mass is 19.4. The summed E-state index contributed by atoms with van der Waals surface area (Å²) in [5.74, 6) is -0.547. The molecule has 0 radical (unpaired) electrons. The molecule has 1 N–H and O–H groups in total. The first-order valence-corrected chi connectivity index (χ1v) is 7.93. The molecule has 1 amide bonds. The number of aryl methyl sites for hydroxylation is 2. The zero-order chi connectivity index (χ0) is 18.9. The maximum atomic E-state index is 13.4. The third kappa shape index (κ3) is 3.66. The molecule has 0 aliphatic rings.